The second-order valence-electron chi connectivity index (χ2n) is 2.03. The van der Waals surface area contributed by atoms with Gasteiger partial charge >= 0.3 is 0 Å². The highest BCUT2D eigenvalue weighted by atomic mass is 19.1. The first kappa shape index (κ1) is 7.64. The van der Waals surface area contributed by atoms with Crippen LogP contribution in [0.3, 0.4) is 0 Å². The molecule has 0 saturated heterocycles. The molecule has 0 aliphatic rings. The summed E-state index contributed by atoms with van der Waals surface area (Å²) < 4.78 is 12.5. The molecule has 1 rings (SSSR count). The van der Waals surface area contributed by atoms with Gasteiger partial charge in [0.15, 0.2) is 12.0 Å². The summed E-state index contributed by atoms with van der Waals surface area (Å²) >= 11 is 0. The minimum Gasteiger partial charge on any atom is -0.368 e. The summed E-state index contributed by atoms with van der Waals surface area (Å²) in [5, 5.41) is 0. The Morgan fingerprint density at radius 1 is 1.18 bits per heavy atom. The molecule has 0 radical (unpaired) electrons. The number of rotatable bonds is 1. The molecule has 0 amide bonds. The zero-order chi connectivity index (χ0) is 8.43. The first-order valence-corrected chi connectivity index (χ1v) is 3.00. The fraction of sp³-hybridized carbons (Fsp3) is 0.400. The number of halogens is 1. The molecule has 6 heteroatoms. The molecule has 11 heavy (non-hydrogen) atoms. The maximum Gasteiger partial charge on any atom is 0.225 e. The first-order valence-electron chi connectivity index (χ1n) is 3.00. The molecule has 1 atom stereocenters. The van der Waals surface area contributed by atoms with E-state index in [-0.39, 0.29) is 17.7 Å². The predicted octanol–water partition coefficient (Wildman–Crippen LogP) is 0.0665. The lowest BCUT2D eigenvalue weighted by atomic mass is 10.4. The molecule has 0 fully saturated rings. The van der Waals surface area contributed by atoms with Crippen molar-refractivity contribution in [3.63, 3.8) is 0 Å². The molecule has 1 aromatic heterocycles. The van der Waals surface area contributed by atoms with Gasteiger partial charge in [0.25, 0.3) is 0 Å². The molecule has 0 unspecified atom stereocenters. The standard InChI is InChI=1S/C5H8FN5/c1-2(6)3-9-4(7)11-5(8)10-3/h2H,1H3,(H4,7,8,9,10,11)/t2-/m0/s1. The molecule has 4 N–H and O–H groups in total. The number of alkyl halides is 1. The highest BCUT2D eigenvalue weighted by Crippen LogP contribution is 2.11. The maximum absolute atomic E-state index is 12.5. The number of nitrogens with zero attached hydrogens (tertiary/aromatic N) is 3. The van der Waals surface area contributed by atoms with Crippen molar-refractivity contribution in [2.75, 3.05) is 11.5 Å². The van der Waals surface area contributed by atoms with Gasteiger partial charge in [0.1, 0.15) is 0 Å². The van der Waals surface area contributed by atoms with Crippen molar-refractivity contribution in [1.29, 1.82) is 0 Å². The van der Waals surface area contributed by atoms with E-state index in [0.29, 0.717) is 0 Å². The molecule has 0 aromatic carbocycles. The summed E-state index contributed by atoms with van der Waals surface area (Å²) in [7, 11) is 0. The molecule has 0 saturated carbocycles. The third-order valence-electron chi connectivity index (χ3n) is 1.04. The average Bonchev–Trinajstić information content (AvgIpc) is 1.85. The topological polar surface area (TPSA) is 90.7 Å². The Balaban J connectivity index is 3.08. The van der Waals surface area contributed by atoms with E-state index >= 15 is 0 Å². The lowest BCUT2D eigenvalue weighted by Gasteiger charge is -2.00. The molecular weight excluding hydrogens is 149 g/mol. The number of nitrogens with two attached hydrogens (primary N) is 2. The van der Waals surface area contributed by atoms with Crippen LogP contribution in [-0.2, 0) is 0 Å². The van der Waals surface area contributed by atoms with Crippen LogP contribution in [-0.4, -0.2) is 15.0 Å². The minimum absolute atomic E-state index is 0.0324. The molecular formula is C5H8FN5. The summed E-state index contributed by atoms with van der Waals surface area (Å²) in [5.74, 6) is -0.149. The van der Waals surface area contributed by atoms with Gasteiger partial charge < -0.3 is 11.5 Å². The number of hydrogen-bond donors (Lipinski definition) is 2. The summed E-state index contributed by atoms with van der Waals surface area (Å²) in [6, 6.07) is 0. The predicted molar refractivity (Wildman–Crippen MR) is 38.2 cm³/mol. The lowest BCUT2D eigenvalue weighted by molar-refractivity contribution is 0.356. The second-order valence-corrected chi connectivity index (χ2v) is 2.03. The van der Waals surface area contributed by atoms with Crippen LogP contribution in [0.5, 0.6) is 0 Å². The van der Waals surface area contributed by atoms with E-state index in [1.165, 1.54) is 6.92 Å². The zero-order valence-electron chi connectivity index (χ0n) is 5.95. The van der Waals surface area contributed by atoms with Crippen molar-refractivity contribution < 1.29 is 4.39 Å². The Bertz CT molecular complexity index is 241. The van der Waals surface area contributed by atoms with Crippen LogP contribution in [0.15, 0.2) is 0 Å². The number of anilines is 2. The van der Waals surface area contributed by atoms with E-state index < -0.39 is 6.17 Å². The molecule has 0 bridgehead atoms. The molecule has 60 valence electrons. The Hall–Kier alpha value is -1.46. The van der Waals surface area contributed by atoms with Crippen molar-refractivity contribution in [1.82, 2.24) is 15.0 Å². The third-order valence-corrected chi connectivity index (χ3v) is 1.04. The Morgan fingerprint density at radius 3 is 2.00 bits per heavy atom. The average molecular weight is 157 g/mol. The third kappa shape index (κ3) is 1.73. The Kier molecular flexibility index (Phi) is 1.84. The van der Waals surface area contributed by atoms with Crippen LogP contribution >= 0.6 is 0 Å². The molecule has 5 nitrogen and oxygen atoms in total. The van der Waals surface area contributed by atoms with Crippen molar-refractivity contribution in [2.45, 2.75) is 13.1 Å². The second kappa shape index (κ2) is 2.65. The van der Waals surface area contributed by atoms with Crippen LogP contribution in [0.2, 0.25) is 0 Å². The number of nitrogen functional groups attached to an aromatic ring is 2. The van der Waals surface area contributed by atoms with E-state index in [1.54, 1.807) is 0 Å². The van der Waals surface area contributed by atoms with Gasteiger partial charge in [0.05, 0.1) is 0 Å². The summed E-state index contributed by atoms with van der Waals surface area (Å²) in [4.78, 5) is 10.6. The van der Waals surface area contributed by atoms with E-state index in [4.69, 9.17) is 11.5 Å². The summed E-state index contributed by atoms with van der Waals surface area (Å²) in [6.45, 7) is 1.30. The normalized spacial score (nSPS) is 12.9. The maximum atomic E-state index is 12.5. The quantitative estimate of drug-likeness (QED) is 0.601. The fourth-order valence-electron chi connectivity index (χ4n) is 0.605. The van der Waals surface area contributed by atoms with Gasteiger partial charge in [-0.3, -0.25) is 0 Å². The largest absolute Gasteiger partial charge is 0.368 e. The van der Waals surface area contributed by atoms with Gasteiger partial charge in [0.2, 0.25) is 11.9 Å². The fourth-order valence-corrected chi connectivity index (χ4v) is 0.605. The highest BCUT2D eigenvalue weighted by Gasteiger charge is 2.08. The van der Waals surface area contributed by atoms with Gasteiger partial charge in [-0.2, -0.15) is 15.0 Å². The molecule has 1 aromatic rings. The summed E-state index contributed by atoms with van der Waals surface area (Å²) in [5.41, 5.74) is 10.4. The molecule has 0 spiro atoms. The van der Waals surface area contributed by atoms with Crippen molar-refractivity contribution >= 4 is 11.9 Å². The van der Waals surface area contributed by atoms with Gasteiger partial charge in [-0.25, -0.2) is 4.39 Å². The van der Waals surface area contributed by atoms with Gasteiger partial charge in [0, 0.05) is 0 Å². The van der Waals surface area contributed by atoms with E-state index in [9.17, 15) is 4.39 Å². The van der Waals surface area contributed by atoms with Crippen molar-refractivity contribution in [2.24, 2.45) is 0 Å². The van der Waals surface area contributed by atoms with Gasteiger partial charge in [-0.1, -0.05) is 0 Å². The van der Waals surface area contributed by atoms with Crippen LogP contribution in [0.4, 0.5) is 16.3 Å². The molecule has 0 aliphatic carbocycles. The monoisotopic (exact) mass is 157 g/mol. The summed E-state index contributed by atoms with van der Waals surface area (Å²) in [6.07, 6.45) is -1.28. The van der Waals surface area contributed by atoms with Crippen molar-refractivity contribution in [3.05, 3.63) is 5.82 Å². The zero-order valence-corrected chi connectivity index (χ0v) is 5.95. The van der Waals surface area contributed by atoms with Crippen LogP contribution in [0, 0.1) is 0 Å². The van der Waals surface area contributed by atoms with Crippen LogP contribution in [0.25, 0.3) is 0 Å². The highest BCUT2D eigenvalue weighted by molar-refractivity contribution is 5.26. The first-order chi connectivity index (χ1) is 5.09. The Morgan fingerprint density at radius 2 is 1.64 bits per heavy atom. The van der Waals surface area contributed by atoms with Crippen molar-refractivity contribution in [3.8, 4) is 0 Å². The molecule has 0 aliphatic heterocycles. The molecule has 1 heterocycles. The van der Waals surface area contributed by atoms with Gasteiger partial charge in [-0.15, -0.1) is 0 Å². The van der Waals surface area contributed by atoms with E-state index in [1.807, 2.05) is 0 Å². The Labute approximate surface area is 62.7 Å². The number of hydrogen-bond acceptors (Lipinski definition) is 5. The number of aromatic nitrogens is 3. The van der Waals surface area contributed by atoms with Gasteiger partial charge in [-0.05, 0) is 6.92 Å². The SMILES string of the molecule is C[C@H](F)c1nc(N)nc(N)n1. The lowest BCUT2D eigenvalue weighted by Crippen LogP contribution is -2.07. The van der Waals surface area contributed by atoms with E-state index in [0.717, 1.165) is 0 Å². The smallest absolute Gasteiger partial charge is 0.225 e. The van der Waals surface area contributed by atoms with E-state index in [2.05, 4.69) is 15.0 Å². The van der Waals surface area contributed by atoms with Crippen LogP contribution < -0.4 is 11.5 Å². The minimum atomic E-state index is -1.28. The van der Waals surface area contributed by atoms with Crippen LogP contribution in [0.1, 0.15) is 18.9 Å².